The fourth-order valence-electron chi connectivity index (χ4n) is 2.54. The van der Waals surface area contributed by atoms with Gasteiger partial charge in [-0.1, -0.05) is 42.5 Å². The highest BCUT2D eigenvalue weighted by Gasteiger charge is 2.10. The summed E-state index contributed by atoms with van der Waals surface area (Å²) in [5, 5.41) is 10.4. The van der Waals surface area contributed by atoms with Crippen LogP contribution in [0.4, 0.5) is 10.5 Å². The van der Waals surface area contributed by atoms with E-state index in [1.807, 2.05) is 30.3 Å². The summed E-state index contributed by atoms with van der Waals surface area (Å²) in [6, 6.07) is 15.8. The molecule has 0 heterocycles. The fraction of sp³-hybridized carbons (Fsp3) is 0.263. The largest absolute Gasteiger partial charge is 0.337 e. The van der Waals surface area contributed by atoms with Crippen LogP contribution in [-0.2, 0) is 27.1 Å². The van der Waals surface area contributed by atoms with Gasteiger partial charge in [0.2, 0.25) is 15.9 Å². The predicted molar refractivity (Wildman–Crippen MR) is 108 cm³/mol. The second-order valence-corrected chi connectivity index (χ2v) is 7.99. The summed E-state index contributed by atoms with van der Waals surface area (Å²) in [5.74, 6) is -0.598. The number of rotatable bonds is 8. The maximum atomic E-state index is 12.1. The molecular weight excluding hydrogens is 380 g/mol. The Morgan fingerprint density at radius 2 is 1.71 bits per heavy atom. The molecule has 0 radical (unpaired) electrons. The van der Waals surface area contributed by atoms with Crippen molar-refractivity contribution in [3.63, 3.8) is 0 Å². The molecule has 0 aliphatic heterocycles. The predicted octanol–water partition coefficient (Wildman–Crippen LogP) is 1.65. The van der Waals surface area contributed by atoms with Crippen LogP contribution in [0.15, 0.2) is 54.6 Å². The highest BCUT2D eigenvalue weighted by atomic mass is 32.2. The number of primary sulfonamides is 1. The Balaban J connectivity index is 1.76. The van der Waals surface area contributed by atoms with Crippen molar-refractivity contribution in [3.05, 3.63) is 65.7 Å². The number of carbonyl (C=O) groups is 2. The number of benzene rings is 2. The first-order valence-electron chi connectivity index (χ1n) is 8.65. The summed E-state index contributed by atoms with van der Waals surface area (Å²) in [6.07, 6.45) is 0.0876. The van der Waals surface area contributed by atoms with Crippen molar-refractivity contribution in [2.75, 3.05) is 18.9 Å². The number of hydrogen-bond donors (Lipinski definition) is 3. The first-order valence-corrected chi connectivity index (χ1v) is 10.4. The number of sulfonamides is 1. The number of amides is 3. The lowest BCUT2D eigenvalue weighted by Gasteiger charge is -2.18. The third-order valence-electron chi connectivity index (χ3n) is 3.82. The summed E-state index contributed by atoms with van der Waals surface area (Å²) in [5.41, 5.74) is 1.96. The number of carbonyl (C=O) groups excluding carboxylic acids is 2. The number of anilines is 1. The number of nitrogens with zero attached hydrogens (tertiary/aromatic N) is 1. The van der Waals surface area contributed by atoms with Crippen LogP contribution in [0.2, 0.25) is 0 Å². The van der Waals surface area contributed by atoms with E-state index in [2.05, 4.69) is 10.6 Å². The number of hydrogen-bond acceptors (Lipinski definition) is 4. The van der Waals surface area contributed by atoms with Crippen LogP contribution < -0.4 is 15.8 Å². The lowest BCUT2D eigenvalue weighted by atomic mass is 10.2. The van der Waals surface area contributed by atoms with E-state index in [-0.39, 0.29) is 30.7 Å². The van der Waals surface area contributed by atoms with Crippen molar-refractivity contribution >= 4 is 27.6 Å². The Kier molecular flexibility index (Phi) is 7.53. The molecule has 2 aromatic carbocycles. The van der Waals surface area contributed by atoms with Gasteiger partial charge < -0.3 is 15.5 Å². The zero-order valence-corrected chi connectivity index (χ0v) is 16.4. The summed E-state index contributed by atoms with van der Waals surface area (Å²) in [4.78, 5) is 25.6. The third-order valence-corrected chi connectivity index (χ3v) is 4.55. The lowest BCUT2D eigenvalue weighted by Crippen LogP contribution is -2.38. The summed E-state index contributed by atoms with van der Waals surface area (Å²) >= 11 is 0. The smallest absolute Gasteiger partial charge is 0.317 e. The zero-order chi connectivity index (χ0) is 20.6. The van der Waals surface area contributed by atoms with Crippen LogP contribution in [0.25, 0.3) is 0 Å². The van der Waals surface area contributed by atoms with E-state index in [1.165, 1.54) is 4.90 Å². The maximum absolute atomic E-state index is 12.1. The topological polar surface area (TPSA) is 122 Å². The highest BCUT2D eigenvalue weighted by Crippen LogP contribution is 2.12. The molecule has 0 atom stereocenters. The van der Waals surface area contributed by atoms with Gasteiger partial charge in [0.25, 0.3) is 0 Å². The van der Waals surface area contributed by atoms with Gasteiger partial charge in [0.1, 0.15) is 0 Å². The van der Waals surface area contributed by atoms with Gasteiger partial charge in [0.15, 0.2) is 0 Å². The molecule has 150 valence electrons. The van der Waals surface area contributed by atoms with Crippen molar-refractivity contribution in [2.24, 2.45) is 5.14 Å². The summed E-state index contributed by atoms with van der Waals surface area (Å²) in [7, 11) is -1.96. The quantitative estimate of drug-likeness (QED) is 0.619. The van der Waals surface area contributed by atoms with Gasteiger partial charge in [-0.3, -0.25) is 4.79 Å². The Bertz CT molecular complexity index is 917. The van der Waals surface area contributed by atoms with Gasteiger partial charge in [-0.05, 0) is 23.3 Å². The minimum Gasteiger partial charge on any atom is -0.337 e. The van der Waals surface area contributed by atoms with Crippen molar-refractivity contribution < 1.29 is 18.0 Å². The highest BCUT2D eigenvalue weighted by molar-refractivity contribution is 7.88. The van der Waals surface area contributed by atoms with Crippen LogP contribution in [0.1, 0.15) is 17.5 Å². The molecule has 2 aromatic rings. The van der Waals surface area contributed by atoms with Crippen LogP contribution >= 0.6 is 0 Å². The molecule has 0 saturated heterocycles. The minimum atomic E-state index is -3.64. The molecule has 0 spiro atoms. The van der Waals surface area contributed by atoms with E-state index >= 15 is 0 Å². The van der Waals surface area contributed by atoms with Gasteiger partial charge in [0, 0.05) is 32.2 Å². The van der Waals surface area contributed by atoms with Crippen LogP contribution in [0, 0.1) is 0 Å². The molecular formula is C19H24N4O4S. The fourth-order valence-corrected chi connectivity index (χ4v) is 3.19. The van der Waals surface area contributed by atoms with Crippen LogP contribution in [0.5, 0.6) is 0 Å². The van der Waals surface area contributed by atoms with Crippen molar-refractivity contribution in [3.8, 4) is 0 Å². The molecule has 2 rings (SSSR count). The van der Waals surface area contributed by atoms with Crippen LogP contribution in [0.3, 0.4) is 0 Å². The standard InChI is InChI=1S/C19H24N4O4S/c1-23(13-15-6-3-2-4-7-15)19(25)21-11-10-18(24)22-17-9-5-8-16(12-17)14-28(20,26)27/h2-9,12H,10-11,13-14H2,1H3,(H,21,25)(H,22,24)(H2,20,26,27). The maximum Gasteiger partial charge on any atom is 0.317 e. The molecule has 3 amide bonds. The minimum absolute atomic E-state index is 0.0876. The third kappa shape index (κ3) is 7.77. The molecule has 9 heteroatoms. The van der Waals surface area contributed by atoms with E-state index in [0.717, 1.165) is 5.56 Å². The average Bonchev–Trinajstić information content (AvgIpc) is 2.61. The Morgan fingerprint density at radius 3 is 2.39 bits per heavy atom. The summed E-state index contributed by atoms with van der Waals surface area (Å²) < 4.78 is 22.3. The first-order chi connectivity index (χ1) is 13.2. The molecule has 0 aliphatic rings. The van der Waals surface area contributed by atoms with Gasteiger partial charge in [-0.15, -0.1) is 0 Å². The van der Waals surface area contributed by atoms with E-state index in [9.17, 15) is 18.0 Å². The van der Waals surface area contributed by atoms with Crippen molar-refractivity contribution in [2.45, 2.75) is 18.7 Å². The number of urea groups is 1. The van der Waals surface area contributed by atoms with E-state index < -0.39 is 10.0 Å². The Morgan fingerprint density at radius 1 is 1.04 bits per heavy atom. The van der Waals surface area contributed by atoms with Crippen molar-refractivity contribution in [1.29, 1.82) is 0 Å². The molecule has 8 nitrogen and oxygen atoms in total. The lowest BCUT2D eigenvalue weighted by molar-refractivity contribution is -0.116. The van der Waals surface area contributed by atoms with Gasteiger partial charge in [0.05, 0.1) is 5.75 Å². The second kappa shape index (κ2) is 9.86. The molecule has 4 N–H and O–H groups in total. The molecule has 0 unspecified atom stereocenters. The monoisotopic (exact) mass is 404 g/mol. The van der Waals surface area contributed by atoms with Gasteiger partial charge in [-0.2, -0.15) is 0 Å². The normalized spacial score (nSPS) is 10.9. The van der Waals surface area contributed by atoms with Crippen LogP contribution in [-0.4, -0.2) is 38.8 Å². The zero-order valence-electron chi connectivity index (χ0n) is 15.6. The van der Waals surface area contributed by atoms with E-state index in [1.54, 1.807) is 31.3 Å². The number of nitrogens with two attached hydrogens (primary N) is 1. The molecule has 28 heavy (non-hydrogen) atoms. The molecule has 0 fully saturated rings. The van der Waals surface area contributed by atoms with Crippen molar-refractivity contribution in [1.82, 2.24) is 10.2 Å². The number of nitrogens with one attached hydrogen (secondary N) is 2. The molecule has 0 bridgehead atoms. The Labute approximate surface area is 164 Å². The SMILES string of the molecule is CN(Cc1ccccc1)C(=O)NCCC(=O)Nc1cccc(CS(N)(=O)=O)c1. The van der Waals surface area contributed by atoms with Gasteiger partial charge >= 0.3 is 6.03 Å². The van der Waals surface area contributed by atoms with E-state index in [0.29, 0.717) is 17.8 Å². The summed E-state index contributed by atoms with van der Waals surface area (Å²) in [6.45, 7) is 0.649. The Hall–Kier alpha value is -2.91. The van der Waals surface area contributed by atoms with E-state index in [4.69, 9.17) is 5.14 Å². The molecule has 0 aliphatic carbocycles. The molecule has 0 saturated carbocycles. The van der Waals surface area contributed by atoms with Gasteiger partial charge in [-0.25, -0.2) is 18.4 Å². The molecule has 0 aromatic heterocycles. The second-order valence-electron chi connectivity index (χ2n) is 6.38. The average molecular weight is 404 g/mol. The first kappa shape index (κ1) is 21.4.